The molecular weight excluding hydrogens is 326 g/mol. The number of carbonyl (C=O) groups excluding carboxylic acids is 1. The number of aryl methyl sites for hydroxylation is 1. The van der Waals surface area contributed by atoms with E-state index in [0.29, 0.717) is 17.4 Å². The molecule has 0 saturated carbocycles. The lowest BCUT2D eigenvalue weighted by molar-refractivity contribution is -0.118. The van der Waals surface area contributed by atoms with E-state index < -0.39 is 0 Å². The van der Waals surface area contributed by atoms with Gasteiger partial charge in [-0.2, -0.15) is 5.10 Å². The van der Waals surface area contributed by atoms with Crippen molar-refractivity contribution >= 4 is 23.3 Å². The maximum atomic E-state index is 12.5. The molecule has 7 heteroatoms. The molecule has 0 radical (unpaired) electrons. The fourth-order valence-corrected chi connectivity index (χ4v) is 2.74. The summed E-state index contributed by atoms with van der Waals surface area (Å²) < 4.78 is 3.56. The highest BCUT2D eigenvalue weighted by Crippen LogP contribution is 2.16. The number of aromatic nitrogens is 4. The summed E-state index contributed by atoms with van der Waals surface area (Å²) in [4.78, 5) is 16.6. The third-order valence-corrected chi connectivity index (χ3v) is 4.08. The average Bonchev–Trinajstić information content (AvgIpc) is 3.16. The molecule has 0 aliphatic carbocycles. The lowest BCUT2D eigenvalue weighted by Crippen LogP contribution is -2.25. The molecule has 24 heavy (non-hydrogen) atoms. The summed E-state index contributed by atoms with van der Waals surface area (Å²) in [7, 11) is 0. The SMILES string of the molecule is Cc1nccn1C(C)C(=O)Nc1ccnn1Cc1cccc(Cl)c1. The minimum atomic E-state index is -0.359. The lowest BCUT2D eigenvalue weighted by Gasteiger charge is -2.16. The zero-order chi connectivity index (χ0) is 17.1. The number of halogens is 1. The van der Waals surface area contributed by atoms with Gasteiger partial charge in [-0.05, 0) is 31.5 Å². The Morgan fingerprint density at radius 3 is 2.88 bits per heavy atom. The summed E-state index contributed by atoms with van der Waals surface area (Å²) in [5.74, 6) is 1.32. The van der Waals surface area contributed by atoms with Crippen LogP contribution in [0.3, 0.4) is 0 Å². The molecule has 1 amide bonds. The Bertz CT molecular complexity index is 854. The first-order valence-electron chi connectivity index (χ1n) is 7.61. The van der Waals surface area contributed by atoms with Gasteiger partial charge in [-0.1, -0.05) is 23.7 Å². The topological polar surface area (TPSA) is 64.7 Å². The number of imidazole rings is 1. The van der Waals surface area contributed by atoms with E-state index in [0.717, 1.165) is 11.4 Å². The van der Waals surface area contributed by atoms with E-state index in [1.807, 2.05) is 42.7 Å². The largest absolute Gasteiger partial charge is 0.323 e. The van der Waals surface area contributed by atoms with E-state index in [-0.39, 0.29) is 11.9 Å². The molecule has 124 valence electrons. The molecular formula is C17H18ClN5O. The first-order chi connectivity index (χ1) is 11.5. The van der Waals surface area contributed by atoms with E-state index in [9.17, 15) is 4.79 Å². The van der Waals surface area contributed by atoms with Crippen LogP contribution in [0.2, 0.25) is 5.02 Å². The number of nitrogens with zero attached hydrogens (tertiary/aromatic N) is 4. The van der Waals surface area contributed by atoms with Crippen molar-refractivity contribution < 1.29 is 4.79 Å². The molecule has 1 unspecified atom stereocenters. The second-order valence-corrected chi connectivity index (χ2v) is 5.99. The fraction of sp³-hybridized carbons (Fsp3) is 0.235. The molecule has 0 fully saturated rings. The Hall–Kier alpha value is -2.60. The molecule has 1 N–H and O–H groups in total. The van der Waals surface area contributed by atoms with Crippen LogP contribution >= 0.6 is 11.6 Å². The molecule has 0 aliphatic rings. The summed E-state index contributed by atoms with van der Waals surface area (Å²) in [6.07, 6.45) is 5.14. The van der Waals surface area contributed by atoms with Gasteiger partial charge in [-0.15, -0.1) is 0 Å². The van der Waals surface area contributed by atoms with Crippen molar-refractivity contribution in [3.8, 4) is 0 Å². The number of rotatable bonds is 5. The monoisotopic (exact) mass is 343 g/mol. The van der Waals surface area contributed by atoms with Gasteiger partial charge >= 0.3 is 0 Å². The summed E-state index contributed by atoms with van der Waals surface area (Å²) in [6.45, 7) is 4.23. The molecule has 1 atom stereocenters. The van der Waals surface area contributed by atoms with Crippen molar-refractivity contribution in [3.63, 3.8) is 0 Å². The Kier molecular flexibility index (Phi) is 4.66. The Labute approximate surface area is 145 Å². The van der Waals surface area contributed by atoms with Crippen LogP contribution in [0.25, 0.3) is 0 Å². The number of hydrogen-bond acceptors (Lipinski definition) is 3. The molecule has 0 saturated heterocycles. The number of benzene rings is 1. The highest BCUT2D eigenvalue weighted by Gasteiger charge is 2.17. The number of anilines is 1. The van der Waals surface area contributed by atoms with Gasteiger partial charge in [0.05, 0.1) is 12.7 Å². The average molecular weight is 344 g/mol. The molecule has 0 bridgehead atoms. The Morgan fingerprint density at radius 1 is 1.33 bits per heavy atom. The summed E-state index contributed by atoms with van der Waals surface area (Å²) >= 11 is 6.01. The van der Waals surface area contributed by atoms with Crippen LogP contribution in [0.15, 0.2) is 48.9 Å². The molecule has 3 aromatic rings. The van der Waals surface area contributed by atoms with Crippen LogP contribution in [-0.2, 0) is 11.3 Å². The van der Waals surface area contributed by atoms with Crippen LogP contribution in [-0.4, -0.2) is 25.2 Å². The molecule has 0 spiro atoms. The number of amides is 1. The molecule has 2 aromatic heterocycles. The highest BCUT2D eigenvalue weighted by molar-refractivity contribution is 6.30. The van der Waals surface area contributed by atoms with Crippen LogP contribution in [0, 0.1) is 6.92 Å². The molecule has 0 aliphatic heterocycles. The lowest BCUT2D eigenvalue weighted by atomic mass is 10.2. The van der Waals surface area contributed by atoms with Crippen molar-refractivity contribution in [1.82, 2.24) is 19.3 Å². The van der Waals surface area contributed by atoms with Gasteiger partial charge in [0, 0.05) is 23.5 Å². The van der Waals surface area contributed by atoms with Crippen molar-refractivity contribution in [2.24, 2.45) is 0 Å². The van der Waals surface area contributed by atoms with Gasteiger partial charge < -0.3 is 9.88 Å². The maximum Gasteiger partial charge on any atom is 0.248 e. The van der Waals surface area contributed by atoms with Gasteiger partial charge in [-0.3, -0.25) is 4.79 Å². The summed E-state index contributed by atoms with van der Waals surface area (Å²) in [6, 6.07) is 8.98. The number of nitrogens with one attached hydrogen (secondary N) is 1. The minimum absolute atomic E-state index is 0.121. The summed E-state index contributed by atoms with van der Waals surface area (Å²) in [5.41, 5.74) is 1.01. The predicted molar refractivity (Wildman–Crippen MR) is 93.1 cm³/mol. The van der Waals surface area contributed by atoms with Gasteiger partial charge in [0.1, 0.15) is 17.7 Å². The Morgan fingerprint density at radius 2 is 2.17 bits per heavy atom. The second kappa shape index (κ2) is 6.88. The van der Waals surface area contributed by atoms with Crippen molar-refractivity contribution in [1.29, 1.82) is 0 Å². The first kappa shape index (κ1) is 16.3. The van der Waals surface area contributed by atoms with Gasteiger partial charge in [0.25, 0.3) is 0 Å². The predicted octanol–water partition coefficient (Wildman–Crippen LogP) is 3.29. The van der Waals surface area contributed by atoms with E-state index in [4.69, 9.17) is 11.6 Å². The van der Waals surface area contributed by atoms with Gasteiger partial charge in [-0.25, -0.2) is 9.67 Å². The second-order valence-electron chi connectivity index (χ2n) is 5.55. The zero-order valence-electron chi connectivity index (χ0n) is 13.5. The van der Waals surface area contributed by atoms with Crippen LogP contribution in [0.1, 0.15) is 24.4 Å². The van der Waals surface area contributed by atoms with Crippen LogP contribution in [0.4, 0.5) is 5.82 Å². The van der Waals surface area contributed by atoms with Crippen LogP contribution < -0.4 is 5.32 Å². The van der Waals surface area contributed by atoms with Crippen LogP contribution in [0.5, 0.6) is 0 Å². The Balaban J connectivity index is 1.73. The molecule has 6 nitrogen and oxygen atoms in total. The normalized spacial score (nSPS) is 12.1. The van der Waals surface area contributed by atoms with E-state index in [1.54, 1.807) is 29.3 Å². The zero-order valence-corrected chi connectivity index (χ0v) is 14.2. The standard InChI is InChI=1S/C17H18ClN5O/c1-12(22-9-8-19-13(22)2)17(24)21-16-6-7-20-23(16)11-14-4-3-5-15(18)10-14/h3-10,12H,11H2,1-2H3,(H,21,24). The molecule has 2 heterocycles. The van der Waals surface area contributed by atoms with E-state index in [2.05, 4.69) is 15.4 Å². The summed E-state index contributed by atoms with van der Waals surface area (Å²) in [5, 5.41) is 7.87. The van der Waals surface area contributed by atoms with Crippen molar-refractivity contribution in [3.05, 3.63) is 65.3 Å². The highest BCUT2D eigenvalue weighted by atomic mass is 35.5. The minimum Gasteiger partial charge on any atom is -0.323 e. The van der Waals surface area contributed by atoms with Gasteiger partial charge in [0.2, 0.25) is 5.91 Å². The molecule has 3 rings (SSSR count). The quantitative estimate of drug-likeness (QED) is 0.773. The third-order valence-electron chi connectivity index (χ3n) is 3.85. The first-order valence-corrected chi connectivity index (χ1v) is 7.99. The molecule has 1 aromatic carbocycles. The number of carbonyl (C=O) groups is 1. The maximum absolute atomic E-state index is 12.5. The van der Waals surface area contributed by atoms with Crippen molar-refractivity contribution in [2.75, 3.05) is 5.32 Å². The third kappa shape index (κ3) is 3.49. The number of hydrogen-bond donors (Lipinski definition) is 1. The van der Waals surface area contributed by atoms with E-state index in [1.165, 1.54) is 0 Å². The smallest absolute Gasteiger partial charge is 0.248 e. The van der Waals surface area contributed by atoms with Gasteiger partial charge in [0.15, 0.2) is 0 Å². The van der Waals surface area contributed by atoms with E-state index >= 15 is 0 Å². The van der Waals surface area contributed by atoms with Crippen molar-refractivity contribution in [2.45, 2.75) is 26.4 Å². The fourth-order valence-electron chi connectivity index (χ4n) is 2.53.